The molecule has 1 heterocycles. The van der Waals surface area contributed by atoms with E-state index in [-0.39, 0.29) is 17.4 Å². The molecular weight excluding hydrogens is 192 g/mol. The number of rotatable bonds is 3. The maximum atomic E-state index is 10.9. The minimum atomic E-state index is -0.693. The van der Waals surface area contributed by atoms with Crippen LogP contribution >= 0.6 is 0 Å². The Morgan fingerprint density at radius 3 is 2.47 bits per heavy atom. The molecule has 0 spiro atoms. The van der Waals surface area contributed by atoms with Crippen LogP contribution in [0.4, 0.5) is 0 Å². The second-order valence-corrected chi connectivity index (χ2v) is 5.62. The molecule has 1 rings (SSSR count). The van der Waals surface area contributed by atoms with Crippen LogP contribution in [0.1, 0.15) is 47.0 Å². The summed E-state index contributed by atoms with van der Waals surface area (Å²) in [7, 11) is 0. The van der Waals surface area contributed by atoms with Gasteiger partial charge in [0.2, 0.25) is 0 Å². The second kappa shape index (κ2) is 4.12. The molecule has 0 bridgehead atoms. The lowest BCUT2D eigenvalue weighted by molar-refractivity contribution is -0.152. The zero-order valence-corrected chi connectivity index (χ0v) is 10.2. The molecule has 0 amide bonds. The molecule has 0 unspecified atom stereocenters. The fourth-order valence-corrected chi connectivity index (χ4v) is 2.67. The highest BCUT2D eigenvalue weighted by atomic mass is 16.5. The van der Waals surface area contributed by atoms with Gasteiger partial charge in [0, 0.05) is 6.61 Å². The standard InChI is InChI=1S/C12H22O3/c1-9(2)12(7-10(13)14)5-6-15-11(3,4)8-12/h9H,5-8H2,1-4H3,(H,13,14)/t12-/m1/s1. The number of carboxylic acid groups (broad SMARTS) is 1. The smallest absolute Gasteiger partial charge is 0.303 e. The zero-order chi connectivity index (χ0) is 11.7. The lowest BCUT2D eigenvalue weighted by atomic mass is 9.65. The van der Waals surface area contributed by atoms with Gasteiger partial charge in [0.25, 0.3) is 0 Å². The van der Waals surface area contributed by atoms with E-state index < -0.39 is 5.97 Å². The van der Waals surface area contributed by atoms with E-state index in [0.29, 0.717) is 12.5 Å². The quantitative estimate of drug-likeness (QED) is 0.785. The van der Waals surface area contributed by atoms with E-state index in [9.17, 15) is 4.79 Å². The van der Waals surface area contributed by atoms with Gasteiger partial charge in [-0.1, -0.05) is 13.8 Å². The molecule has 1 N–H and O–H groups in total. The van der Waals surface area contributed by atoms with Crippen LogP contribution in [-0.2, 0) is 9.53 Å². The third-order valence-electron chi connectivity index (χ3n) is 3.60. The molecule has 1 saturated heterocycles. The third kappa shape index (κ3) is 2.94. The van der Waals surface area contributed by atoms with Crippen molar-refractivity contribution in [1.29, 1.82) is 0 Å². The Kier molecular flexibility index (Phi) is 3.44. The van der Waals surface area contributed by atoms with Crippen LogP contribution in [-0.4, -0.2) is 23.3 Å². The molecule has 1 aliphatic rings. The van der Waals surface area contributed by atoms with Gasteiger partial charge in [-0.25, -0.2) is 0 Å². The molecule has 1 aliphatic heterocycles. The van der Waals surface area contributed by atoms with E-state index in [2.05, 4.69) is 13.8 Å². The van der Waals surface area contributed by atoms with Crippen LogP contribution < -0.4 is 0 Å². The van der Waals surface area contributed by atoms with E-state index in [1.54, 1.807) is 0 Å². The van der Waals surface area contributed by atoms with E-state index in [0.717, 1.165) is 12.8 Å². The van der Waals surface area contributed by atoms with Gasteiger partial charge < -0.3 is 9.84 Å². The first-order valence-electron chi connectivity index (χ1n) is 5.63. The van der Waals surface area contributed by atoms with Crippen molar-refractivity contribution in [3.8, 4) is 0 Å². The Morgan fingerprint density at radius 2 is 2.07 bits per heavy atom. The molecule has 3 heteroatoms. The molecule has 1 atom stereocenters. The minimum Gasteiger partial charge on any atom is -0.481 e. The van der Waals surface area contributed by atoms with Gasteiger partial charge in [0.15, 0.2) is 0 Å². The Labute approximate surface area is 91.8 Å². The normalized spacial score (nSPS) is 30.5. The fourth-order valence-electron chi connectivity index (χ4n) is 2.67. The van der Waals surface area contributed by atoms with Crippen LogP contribution in [0.5, 0.6) is 0 Å². The van der Waals surface area contributed by atoms with Gasteiger partial charge in [-0.05, 0) is 38.0 Å². The van der Waals surface area contributed by atoms with Crippen LogP contribution in [0.15, 0.2) is 0 Å². The maximum absolute atomic E-state index is 10.9. The molecule has 0 saturated carbocycles. The minimum absolute atomic E-state index is 0.0897. The molecular formula is C12H22O3. The van der Waals surface area contributed by atoms with Crippen LogP contribution in [0, 0.1) is 11.3 Å². The van der Waals surface area contributed by atoms with Crippen molar-refractivity contribution in [2.45, 2.75) is 52.6 Å². The van der Waals surface area contributed by atoms with E-state index in [4.69, 9.17) is 9.84 Å². The Morgan fingerprint density at radius 1 is 1.47 bits per heavy atom. The summed E-state index contributed by atoms with van der Waals surface area (Å²) in [4.78, 5) is 10.9. The summed E-state index contributed by atoms with van der Waals surface area (Å²) in [6.45, 7) is 9.00. The van der Waals surface area contributed by atoms with E-state index >= 15 is 0 Å². The average molecular weight is 214 g/mol. The first kappa shape index (κ1) is 12.5. The average Bonchev–Trinajstić information content (AvgIpc) is 1.99. The van der Waals surface area contributed by atoms with E-state index in [1.165, 1.54) is 0 Å². The van der Waals surface area contributed by atoms with Gasteiger partial charge in [-0.2, -0.15) is 0 Å². The van der Waals surface area contributed by atoms with Crippen molar-refractivity contribution in [3.05, 3.63) is 0 Å². The molecule has 0 aromatic carbocycles. The molecule has 0 aromatic heterocycles. The summed E-state index contributed by atoms with van der Waals surface area (Å²) in [6, 6.07) is 0. The van der Waals surface area contributed by atoms with Gasteiger partial charge in [-0.15, -0.1) is 0 Å². The SMILES string of the molecule is CC(C)[C@@]1(CC(=O)O)CCOC(C)(C)C1. The number of carbonyl (C=O) groups is 1. The number of carboxylic acids is 1. The van der Waals surface area contributed by atoms with Gasteiger partial charge in [0.05, 0.1) is 12.0 Å². The molecule has 0 aromatic rings. The summed E-state index contributed by atoms with van der Waals surface area (Å²) in [6.07, 6.45) is 1.96. The molecule has 15 heavy (non-hydrogen) atoms. The summed E-state index contributed by atoms with van der Waals surface area (Å²) in [5, 5.41) is 9.01. The van der Waals surface area contributed by atoms with Crippen molar-refractivity contribution in [3.63, 3.8) is 0 Å². The van der Waals surface area contributed by atoms with Crippen molar-refractivity contribution >= 4 is 5.97 Å². The molecule has 0 aliphatic carbocycles. The third-order valence-corrected chi connectivity index (χ3v) is 3.60. The topological polar surface area (TPSA) is 46.5 Å². The highest BCUT2D eigenvalue weighted by Crippen LogP contribution is 2.46. The largest absolute Gasteiger partial charge is 0.481 e. The lowest BCUT2D eigenvalue weighted by Crippen LogP contribution is -2.45. The predicted octanol–water partition coefficient (Wildman–Crippen LogP) is 2.69. The summed E-state index contributed by atoms with van der Waals surface area (Å²) in [5.41, 5.74) is -0.272. The van der Waals surface area contributed by atoms with Crippen LogP contribution in [0.2, 0.25) is 0 Å². The summed E-state index contributed by atoms with van der Waals surface area (Å²) >= 11 is 0. The number of aliphatic carboxylic acids is 1. The molecule has 88 valence electrons. The summed E-state index contributed by atoms with van der Waals surface area (Å²) in [5.74, 6) is -0.307. The highest BCUT2D eigenvalue weighted by molar-refractivity contribution is 5.67. The number of ether oxygens (including phenoxy) is 1. The summed E-state index contributed by atoms with van der Waals surface area (Å²) < 4.78 is 5.66. The highest BCUT2D eigenvalue weighted by Gasteiger charge is 2.44. The monoisotopic (exact) mass is 214 g/mol. The van der Waals surface area contributed by atoms with Crippen molar-refractivity contribution < 1.29 is 14.6 Å². The first-order valence-corrected chi connectivity index (χ1v) is 5.63. The maximum Gasteiger partial charge on any atom is 0.303 e. The Balaban J connectivity index is 2.85. The Hall–Kier alpha value is -0.570. The number of hydrogen-bond donors (Lipinski definition) is 1. The molecule has 3 nitrogen and oxygen atoms in total. The Bertz CT molecular complexity index is 245. The second-order valence-electron chi connectivity index (χ2n) is 5.62. The van der Waals surface area contributed by atoms with Crippen LogP contribution in [0.3, 0.4) is 0 Å². The molecule has 0 radical (unpaired) electrons. The van der Waals surface area contributed by atoms with Crippen molar-refractivity contribution in [2.75, 3.05) is 6.61 Å². The molecule has 1 fully saturated rings. The number of hydrogen-bond acceptors (Lipinski definition) is 2. The van der Waals surface area contributed by atoms with Crippen molar-refractivity contribution in [2.24, 2.45) is 11.3 Å². The van der Waals surface area contributed by atoms with E-state index in [1.807, 2.05) is 13.8 Å². The van der Waals surface area contributed by atoms with Gasteiger partial charge in [0.1, 0.15) is 0 Å². The van der Waals surface area contributed by atoms with Gasteiger partial charge >= 0.3 is 5.97 Å². The first-order chi connectivity index (χ1) is 6.77. The predicted molar refractivity (Wildman–Crippen MR) is 58.8 cm³/mol. The van der Waals surface area contributed by atoms with Crippen LogP contribution in [0.25, 0.3) is 0 Å². The fraction of sp³-hybridized carbons (Fsp3) is 0.917. The van der Waals surface area contributed by atoms with Crippen molar-refractivity contribution in [1.82, 2.24) is 0 Å². The lowest BCUT2D eigenvalue weighted by Gasteiger charge is -2.46. The zero-order valence-electron chi connectivity index (χ0n) is 10.2. The van der Waals surface area contributed by atoms with Gasteiger partial charge in [-0.3, -0.25) is 4.79 Å².